The molecule has 0 amide bonds. The summed E-state index contributed by atoms with van der Waals surface area (Å²) in [5.41, 5.74) is 1.52. The SMILES string of the molecule is CCOC(=O)C1=C(CN2CCOC(COCC(=O)O)C2)NC(c2nccs2)=NC1c1ccc(F)cc1Br. The fourth-order valence-corrected chi connectivity index (χ4v) is 5.25. The molecule has 0 spiro atoms. The predicted molar refractivity (Wildman–Crippen MR) is 137 cm³/mol. The minimum atomic E-state index is -1.05. The zero-order valence-corrected chi connectivity index (χ0v) is 22.4. The molecule has 2 unspecified atom stereocenters. The number of carboxylic acid groups (broad SMARTS) is 1. The third-order valence-electron chi connectivity index (χ3n) is 5.65. The van der Waals surface area contributed by atoms with Crippen LogP contribution in [0, 0.1) is 5.82 Å². The molecule has 0 saturated carbocycles. The summed E-state index contributed by atoms with van der Waals surface area (Å²) in [7, 11) is 0. The summed E-state index contributed by atoms with van der Waals surface area (Å²) in [4.78, 5) is 35.3. The number of carbonyl (C=O) groups excluding carboxylic acids is 1. The van der Waals surface area contributed by atoms with Crippen LogP contribution in [0.15, 0.2) is 50.5 Å². The molecule has 2 aromatic rings. The summed E-state index contributed by atoms with van der Waals surface area (Å²) >= 11 is 4.83. The van der Waals surface area contributed by atoms with Crippen molar-refractivity contribution in [1.29, 1.82) is 0 Å². The molecule has 2 atom stereocenters. The summed E-state index contributed by atoms with van der Waals surface area (Å²) < 4.78 is 30.7. The molecule has 3 heterocycles. The van der Waals surface area contributed by atoms with Crippen molar-refractivity contribution >= 4 is 45.0 Å². The lowest BCUT2D eigenvalue weighted by molar-refractivity contribution is -0.144. The number of aliphatic imine (C=N–C) groups is 1. The van der Waals surface area contributed by atoms with Gasteiger partial charge in [0.2, 0.25) is 0 Å². The molecule has 0 bridgehead atoms. The van der Waals surface area contributed by atoms with Gasteiger partial charge < -0.3 is 24.6 Å². The standard InChI is InChI=1S/C24H26BrFN4O6S/c1-2-35-24(33)20-18(11-30-6-7-36-15(10-30)12-34-13-19(31)32)28-22(23-27-5-8-37-23)29-21(20)16-4-3-14(26)9-17(16)25/h3-5,8-9,15,21H,2,6-7,10-13H2,1H3,(H,28,29)(H,31,32). The Morgan fingerprint density at radius 1 is 1.41 bits per heavy atom. The van der Waals surface area contributed by atoms with Crippen LogP contribution in [0.3, 0.4) is 0 Å². The maximum absolute atomic E-state index is 13.9. The van der Waals surface area contributed by atoms with E-state index in [1.165, 1.54) is 23.5 Å². The van der Waals surface area contributed by atoms with E-state index in [-0.39, 0.29) is 19.3 Å². The van der Waals surface area contributed by atoms with Crippen molar-refractivity contribution in [2.75, 3.05) is 46.1 Å². The van der Waals surface area contributed by atoms with Crippen LogP contribution in [-0.4, -0.2) is 84.9 Å². The third-order valence-corrected chi connectivity index (χ3v) is 7.11. The van der Waals surface area contributed by atoms with Gasteiger partial charge in [-0.3, -0.25) is 9.89 Å². The zero-order chi connectivity index (χ0) is 26.4. The summed E-state index contributed by atoms with van der Waals surface area (Å²) in [6.07, 6.45) is 1.35. The van der Waals surface area contributed by atoms with Crippen molar-refractivity contribution in [3.63, 3.8) is 0 Å². The highest BCUT2D eigenvalue weighted by atomic mass is 79.9. The first kappa shape index (κ1) is 27.3. The lowest BCUT2D eigenvalue weighted by Gasteiger charge is -2.35. The number of halogens is 2. The maximum atomic E-state index is 13.9. The van der Waals surface area contributed by atoms with E-state index < -0.39 is 30.4 Å². The van der Waals surface area contributed by atoms with E-state index in [1.54, 1.807) is 19.2 Å². The Hall–Kier alpha value is -2.71. The molecular weight excluding hydrogens is 571 g/mol. The van der Waals surface area contributed by atoms with Gasteiger partial charge in [-0.05, 0) is 24.6 Å². The fourth-order valence-electron chi connectivity index (χ4n) is 4.09. The number of esters is 1. The van der Waals surface area contributed by atoms with Crippen LogP contribution in [0.25, 0.3) is 0 Å². The number of carboxylic acids is 1. The molecular formula is C24H26BrFN4O6S. The van der Waals surface area contributed by atoms with Crippen molar-refractivity contribution in [3.8, 4) is 0 Å². The number of thiazole rings is 1. The van der Waals surface area contributed by atoms with Gasteiger partial charge in [0.05, 0.1) is 31.5 Å². The molecule has 2 aliphatic heterocycles. The third kappa shape index (κ3) is 6.99. The second kappa shape index (κ2) is 12.7. The molecule has 198 valence electrons. The highest BCUT2D eigenvalue weighted by Crippen LogP contribution is 2.37. The minimum Gasteiger partial charge on any atom is -0.480 e. The summed E-state index contributed by atoms with van der Waals surface area (Å²) in [6.45, 7) is 3.46. The van der Waals surface area contributed by atoms with Gasteiger partial charge in [0.1, 0.15) is 18.5 Å². The fraction of sp³-hybridized carbons (Fsp3) is 0.417. The van der Waals surface area contributed by atoms with E-state index in [1.807, 2.05) is 5.38 Å². The predicted octanol–water partition coefficient (Wildman–Crippen LogP) is 2.76. The Labute approximate surface area is 225 Å². The zero-order valence-electron chi connectivity index (χ0n) is 20.0. The van der Waals surface area contributed by atoms with Gasteiger partial charge in [-0.2, -0.15) is 0 Å². The van der Waals surface area contributed by atoms with Gasteiger partial charge in [-0.1, -0.05) is 22.0 Å². The quantitative estimate of drug-likeness (QED) is 0.398. The first-order valence-corrected chi connectivity index (χ1v) is 13.3. The second-order valence-corrected chi connectivity index (χ2v) is 10.0. The van der Waals surface area contributed by atoms with Crippen LogP contribution in [0.5, 0.6) is 0 Å². The Morgan fingerprint density at radius 2 is 2.24 bits per heavy atom. The van der Waals surface area contributed by atoms with Crippen molar-refractivity contribution < 1.29 is 33.3 Å². The molecule has 37 heavy (non-hydrogen) atoms. The van der Waals surface area contributed by atoms with Gasteiger partial charge >= 0.3 is 11.9 Å². The van der Waals surface area contributed by atoms with Crippen LogP contribution in [0.4, 0.5) is 4.39 Å². The van der Waals surface area contributed by atoms with Gasteiger partial charge in [0, 0.05) is 41.4 Å². The van der Waals surface area contributed by atoms with Gasteiger partial charge in [-0.15, -0.1) is 11.3 Å². The average Bonchev–Trinajstić information content (AvgIpc) is 3.39. The van der Waals surface area contributed by atoms with Crippen molar-refractivity contribution in [3.05, 3.63) is 61.9 Å². The number of nitrogens with zero attached hydrogens (tertiary/aromatic N) is 3. The number of rotatable bonds is 10. The smallest absolute Gasteiger partial charge is 0.338 e. The number of hydrogen-bond donors (Lipinski definition) is 2. The molecule has 1 aromatic heterocycles. The summed E-state index contributed by atoms with van der Waals surface area (Å²) in [6, 6.07) is 3.49. The first-order chi connectivity index (χ1) is 17.9. The maximum Gasteiger partial charge on any atom is 0.338 e. The molecule has 2 N–H and O–H groups in total. The van der Waals surface area contributed by atoms with Crippen LogP contribution >= 0.6 is 27.3 Å². The molecule has 2 aliphatic rings. The molecule has 1 saturated heterocycles. The first-order valence-electron chi connectivity index (χ1n) is 11.6. The lowest BCUT2D eigenvalue weighted by atomic mass is 9.95. The monoisotopic (exact) mass is 596 g/mol. The van der Waals surface area contributed by atoms with E-state index in [4.69, 9.17) is 24.3 Å². The van der Waals surface area contributed by atoms with Gasteiger partial charge in [0.15, 0.2) is 10.8 Å². The van der Waals surface area contributed by atoms with E-state index in [0.717, 1.165) is 0 Å². The van der Waals surface area contributed by atoms with E-state index in [2.05, 4.69) is 31.1 Å². The molecule has 1 aromatic carbocycles. The number of benzene rings is 1. The van der Waals surface area contributed by atoms with E-state index >= 15 is 0 Å². The van der Waals surface area contributed by atoms with Crippen molar-refractivity contribution in [1.82, 2.24) is 15.2 Å². The molecule has 0 radical (unpaired) electrons. The normalized spacial score (nSPS) is 20.4. The second-order valence-electron chi connectivity index (χ2n) is 8.26. The van der Waals surface area contributed by atoms with E-state index in [9.17, 15) is 14.0 Å². The minimum absolute atomic E-state index is 0.136. The molecule has 10 nitrogen and oxygen atoms in total. The van der Waals surface area contributed by atoms with Crippen LogP contribution < -0.4 is 5.32 Å². The largest absolute Gasteiger partial charge is 0.480 e. The van der Waals surface area contributed by atoms with Crippen LogP contribution in [-0.2, 0) is 23.8 Å². The molecule has 1 fully saturated rings. The van der Waals surface area contributed by atoms with Crippen LogP contribution in [0.2, 0.25) is 0 Å². The van der Waals surface area contributed by atoms with Gasteiger partial charge in [-0.25, -0.2) is 19.0 Å². The average molecular weight is 597 g/mol. The number of hydrogen-bond acceptors (Lipinski definition) is 10. The summed E-state index contributed by atoms with van der Waals surface area (Å²) in [5, 5.41) is 14.6. The number of aliphatic carboxylic acids is 1. The number of amidine groups is 1. The molecule has 13 heteroatoms. The van der Waals surface area contributed by atoms with Crippen molar-refractivity contribution in [2.45, 2.75) is 19.1 Å². The highest BCUT2D eigenvalue weighted by Gasteiger charge is 2.35. The Bertz CT molecular complexity index is 1190. The lowest BCUT2D eigenvalue weighted by Crippen LogP contribution is -2.47. The Balaban J connectivity index is 1.68. The number of aromatic nitrogens is 1. The van der Waals surface area contributed by atoms with E-state index in [0.29, 0.717) is 58.4 Å². The molecule has 4 rings (SSSR count). The number of nitrogens with one attached hydrogen (secondary N) is 1. The number of morpholine rings is 1. The van der Waals surface area contributed by atoms with Crippen molar-refractivity contribution in [2.24, 2.45) is 4.99 Å². The number of carbonyl (C=O) groups is 2. The Morgan fingerprint density at radius 3 is 2.95 bits per heavy atom. The number of ether oxygens (including phenoxy) is 3. The highest BCUT2D eigenvalue weighted by molar-refractivity contribution is 9.10. The molecule has 0 aliphatic carbocycles. The van der Waals surface area contributed by atoms with Gasteiger partial charge in [0.25, 0.3) is 0 Å². The van der Waals surface area contributed by atoms with Crippen LogP contribution in [0.1, 0.15) is 23.5 Å². The Kier molecular flexibility index (Phi) is 9.38. The topological polar surface area (TPSA) is 123 Å². The summed E-state index contributed by atoms with van der Waals surface area (Å²) in [5.74, 6) is -1.49.